The first kappa shape index (κ1) is 17.5. The minimum Gasteiger partial charge on any atom is -0.355 e. The molecule has 0 radical (unpaired) electrons. The zero-order chi connectivity index (χ0) is 17.6. The minimum atomic E-state index is -0.262. The number of aromatic nitrogens is 1. The van der Waals surface area contributed by atoms with Crippen LogP contribution >= 0.6 is 11.8 Å². The summed E-state index contributed by atoms with van der Waals surface area (Å²) in [6.45, 7) is 3.64. The summed E-state index contributed by atoms with van der Waals surface area (Å²) in [5, 5.41) is 4.20. The van der Waals surface area contributed by atoms with Crippen molar-refractivity contribution in [3.63, 3.8) is 0 Å². The fourth-order valence-corrected chi connectivity index (χ4v) is 3.57. The van der Waals surface area contributed by atoms with Gasteiger partial charge < -0.3 is 9.88 Å². The molecule has 1 N–H and O–H groups in total. The van der Waals surface area contributed by atoms with Gasteiger partial charge in [-0.1, -0.05) is 18.2 Å². The monoisotopic (exact) mass is 356 g/mol. The van der Waals surface area contributed by atoms with Crippen LogP contribution in [0.3, 0.4) is 0 Å². The van der Waals surface area contributed by atoms with Crippen LogP contribution in [0.5, 0.6) is 0 Å². The number of hydrogen-bond acceptors (Lipinski definition) is 2. The summed E-state index contributed by atoms with van der Waals surface area (Å²) in [5.74, 6) is 0.0851. The van der Waals surface area contributed by atoms with E-state index in [2.05, 4.69) is 35.0 Å². The van der Waals surface area contributed by atoms with Gasteiger partial charge in [-0.25, -0.2) is 4.39 Å². The molecule has 1 amide bonds. The maximum Gasteiger partial charge on any atom is 0.230 e. The fourth-order valence-electron chi connectivity index (χ4n) is 2.84. The smallest absolute Gasteiger partial charge is 0.230 e. The van der Waals surface area contributed by atoms with Crippen molar-refractivity contribution in [2.24, 2.45) is 0 Å². The lowest BCUT2D eigenvalue weighted by Gasteiger charge is -2.09. The third kappa shape index (κ3) is 4.63. The minimum absolute atomic E-state index is 0.00316. The number of nitrogens with one attached hydrogen (secondary N) is 1. The molecular weight excluding hydrogens is 335 g/mol. The molecule has 25 heavy (non-hydrogen) atoms. The summed E-state index contributed by atoms with van der Waals surface area (Å²) in [4.78, 5) is 12.8. The SMILES string of the molecule is Cc1cc2ccccc2n1CCCNC(=O)CSc1ccc(F)cc1. The Hall–Kier alpha value is -2.27. The van der Waals surface area contributed by atoms with Gasteiger partial charge in [0.05, 0.1) is 5.75 Å². The fraction of sp³-hybridized carbons (Fsp3) is 0.250. The predicted molar refractivity (Wildman–Crippen MR) is 101 cm³/mol. The van der Waals surface area contributed by atoms with Crippen molar-refractivity contribution in [1.82, 2.24) is 9.88 Å². The zero-order valence-corrected chi connectivity index (χ0v) is 15.0. The van der Waals surface area contributed by atoms with Gasteiger partial charge in [0.1, 0.15) is 5.82 Å². The van der Waals surface area contributed by atoms with Crippen molar-refractivity contribution in [2.75, 3.05) is 12.3 Å². The Morgan fingerprint density at radius 1 is 1.16 bits per heavy atom. The Morgan fingerprint density at radius 3 is 2.72 bits per heavy atom. The van der Waals surface area contributed by atoms with Gasteiger partial charge in [0.2, 0.25) is 5.91 Å². The highest BCUT2D eigenvalue weighted by molar-refractivity contribution is 8.00. The number of carbonyl (C=O) groups is 1. The second-order valence-corrected chi connectivity index (χ2v) is 6.99. The van der Waals surface area contributed by atoms with Crippen LogP contribution < -0.4 is 5.32 Å². The Bertz CT molecular complexity index is 858. The van der Waals surface area contributed by atoms with Crippen LogP contribution in [0.2, 0.25) is 0 Å². The number of benzene rings is 2. The van der Waals surface area contributed by atoms with Crippen LogP contribution in [0.25, 0.3) is 10.9 Å². The van der Waals surface area contributed by atoms with E-state index in [1.54, 1.807) is 12.1 Å². The third-order valence-electron chi connectivity index (χ3n) is 4.08. The van der Waals surface area contributed by atoms with Gasteiger partial charge >= 0.3 is 0 Å². The van der Waals surface area contributed by atoms with E-state index in [-0.39, 0.29) is 11.7 Å². The zero-order valence-electron chi connectivity index (χ0n) is 14.2. The Labute approximate surface area is 151 Å². The number of carbonyl (C=O) groups excluding carboxylic acids is 1. The van der Waals surface area contributed by atoms with Crippen LogP contribution in [0.1, 0.15) is 12.1 Å². The molecule has 1 aromatic heterocycles. The molecule has 0 bridgehead atoms. The summed E-state index contributed by atoms with van der Waals surface area (Å²) in [7, 11) is 0. The summed E-state index contributed by atoms with van der Waals surface area (Å²) in [6, 6.07) is 16.7. The number of rotatable bonds is 7. The average Bonchev–Trinajstić information content (AvgIpc) is 2.93. The van der Waals surface area contributed by atoms with Crippen molar-refractivity contribution in [3.05, 3.63) is 66.1 Å². The molecule has 0 aliphatic rings. The van der Waals surface area contributed by atoms with E-state index in [1.807, 2.05) is 12.1 Å². The van der Waals surface area contributed by atoms with Crippen LogP contribution in [0, 0.1) is 12.7 Å². The standard InChI is InChI=1S/C20H21FN2OS/c1-15-13-16-5-2-3-6-19(16)23(15)12-4-11-22-20(24)14-25-18-9-7-17(21)8-10-18/h2-3,5-10,13H,4,11-12,14H2,1H3,(H,22,24). The predicted octanol–water partition coefficient (Wildman–Crippen LogP) is 4.39. The number of aryl methyl sites for hydroxylation is 2. The summed E-state index contributed by atoms with van der Waals surface area (Å²) in [5.41, 5.74) is 2.47. The van der Waals surface area contributed by atoms with Crippen molar-refractivity contribution >= 4 is 28.6 Å². The number of fused-ring (bicyclic) bond motifs is 1. The van der Waals surface area contributed by atoms with E-state index in [4.69, 9.17) is 0 Å². The Kier molecular flexibility index (Phi) is 5.76. The average molecular weight is 356 g/mol. The lowest BCUT2D eigenvalue weighted by Crippen LogP contribution is -2.26. The quantitative estimate of drug-likeness (QED) is 0.503. The van der Waals surface area contributed by atoms with Gasteiger partial charge in [-0.05, 0) is 55.1 Å². The van der Waals surface area contributed by atoms with Gasteiger partial charge in [0.15, 0.2) is 0 Å². The molecule has 3 nitrogen and oxygen atoms in total. The van der Waals surface area contributed by atoms with E-state index in [0.29, 0.717) is 12.3 Å². The van der Waals surface area contributed by atoms with Crippen LogP contribution in [-0.2, 0) is 11.3 Å². The first-order chi connectivity index (χ1) is 12.1. The Balaban J connectivity index is 1.42. The van der Waals surface area contributed by atoms with Gasteiger partial charge in [0.25, 0.3) is 0 Å². The molecule has 0 unspecified atom stereocenters. The van der Waals surface area contributed by atoms with E-state index in [1.165, 1.54) is 40.5 Å². The molecule has 0 aliphatic heterocycles. The molecule has 1 heterocycles. The van der Waals surface area contributed by atoms with Gasteiger partial charge in [-0.2, -0.15) is 0 Å². The number of amides is 1. The van der Waals surface area contributed by atoms with Crippen molar-refractivity contribution < 1.29 is 9.18 Å². The van der Waals surface area contributed by atoms with Crippen molar-refractivity contribution in [3.8, 4) is 0 Å². The Morgan fingerprint density at radius 2 is 1.92 bits per heavy atom. The van der Waals surface area contributed by atoms with Gasteiger partial charge in [-0.15, -0.1) is 11.8 Å². The van der Waals surface area contributed by atoms with Gasteiger partial charge in [0, 0.05) is 29.2 Å². The maximum atomic E-state index is 12.8. The summed E-state index contributed by atoms with van der Waals surface area (Å²) >= 11 is 1.41. The highest BCUT2D eigenvalue weighted by Crippen LogP contribution is 2.19. The lowest BCUT2D eigenvalue weighted by molar-refractivity contribution is -0.118. The summed E-state index contributed by atoms with van der Waals surface area (Å²) in [6.07, 6.45) is 0.881. The molecule has 130 valence electrons. The molecule has 0 spiro atoms. The lowest BCUT2D eigenvalue weighted by atomic mass is 10.2. The number of para-hydroxylation sites is 1. The van der Waals surface area contributed by atoms with Crippen molar-refractivity contribution in [1.29, 1.82) is 0 Å². The van der Waals surface area contributed by atoms with E-state index < -0.39 is 0 Å². The maximum absolute atomic E-state index is 12.8. The molecule has 3 rings (SSSR count). The molecule has 2 aromatic carbocycles. The van der Waals surface area contributed by atoms with E-state index >= 15 is 0 Å². The first-order valence-corrected chi connectivity index (χ1v) is 9.32. The molecular formula is C20H21FN2OS. The molecule has 5 heteroatoms. The number of nitrogens with zero attached hydrogens (tertiary/aromatic N) is 1. The van der Waals surface area contributed by atoms with E-state index in [9.17, 15) is 9.18 Å². The van der Waals surface area contributed by atoms with Crippen LogP contribution in [-0.4, -0.2) is 22.8 Å². The second kappa shape index (κ2) is 8.21. The molecule has 0 fully saturated rings. The molecule has 0 saturated heterocycles. The van der Waals surface area contributed by atoms with E-state index in [0.717, 1.165) is 17.9 Å². The van der Waals surface area contributed by atoms with Gasteiger partial charge in [-0.3, -0.25) is 4.79 Å². The van der Waals surface area contributed by atoms with Crippen LogP contribution in [0.4, 0.5) is 4.39 Å². The topological polar surface area (TPSA) is 34.0 Å². The largest absolute Gasteiger partial charge is 0.355 e. The number of thioether (sulfide) groups is 1. The molecule has 3 aromatic rings. The third-order valence-corrected chi connectivity index (χ3v) is 5.09. The number of hydrogen-bond donors (Lipinski definition) is 1. The summed E-state index contributed by atoms with van der Waals surface area (Å²) < 4.78 is 15.1. The molecule has 0 aliphatic carbocycles. The number of halogens is 1. The highest BCUT2D eigenvalue weighted by Gasteiger charge is 2.06. The second-order valence-electron chi connectivity index (χ2n) is 5.94. The highest BCUT2D eigenvalue weighted by atomic mass is 32.2. The molecule has 0 saturated carbocycles. The van der Waals surface area contributed by atoms with Crippen molar-refractivity contribution in [2.45, 2.75) is 24.8 Å². The van der Waals surface area contributed by atoms with Crippen LogP contribution in [0.15, 0.2) is 59.5 Å². The normalized spacial score (nSPS) is 11.0. The first-order valence-electron chi connectivity index (χ1n) is 8.33. The molecule has 0 atom stereocenters.